The molecule has 6 nitrogen and oxygen atoms in total. The van der Waals surface area contributed by atoms with Crippen LogP contribution in [-0.4, -0.2) is 25.8 Å². The Morgan fingerprint density at radius 3 is 2.30 bits per heavy atom. The zero-order valence-corrected chi connectivity index (χ0v) is 16.0. The third-order valence-corrected chi connectivity index (χ3v) is 5.26. The standard InChI is InChI=1S/C20H21NO5S/c1-3-4-13-25-17-9-7-16(8-10-17)21-19(14-26-20(21)22)15-5-11-18(12-6-15)27(2,23)24/h5-12,14H,3-4,13H2,1-2H3. The van der Waals surface area contributed by atoms with Gasteiger partial charge in [-0.1, -0.05) is 25.5 Å². The van der Waals surface area contributed by atoms with E-state index in [1.165, 1.54) is 23.0 Å². The Balaban J connectivity index is 1.92. The highest BCUT2D eigenvalue weighted by molar-refractivity contribution is 7.90. The van der Waals surface area contributed by atoms with Crippen molar-refractivity contribution in [1.29, 1.82) is 0 Å². The van der Waals surface area contributed by atoms with Gasteiger partial charge in [0.25, 0.3) is 0 Å². The lowest BCUT2D eigenvalue weighted by molar-refractivity contribution is 0.309. The van der Waals surface area contributed by atoms with E-state index in [0.29, 0.717) is 23.6 Å². The Morgan fingerprint density at radius 1 is 1.04 bits per heavy atom. The zero-order chi connectivity index (χ0) is 19.4. The second-order valence-corrected chi connectivity index (χ2v) is 8.23. The highest BCUT2D eigenvalue weighted by atomic mass is 32.2. The summed E-state index contributed by atoms with van der Waals surface area (Å²) >= 11 is 0. The highest BCUT2D eigenvalue weighted by Gasteiger charge is 2.14. The molecule has 0 aliphatic carbocycles. The molecule has 0 saturated carbocycles. The van der Waals surface area contributed by atoms with E-state index in [9.17, 15) is 13.2 Å². The molecule has 0 radical (unpaired) electrons. The lowest BCUT2D eigenvalue weighted by atomic mass is 10.1. The van der Waals surface area contributed by atoms with Gasteiger partial charge in [-0.05, 0) is 42.8 Å². The van der Waals surface area contributed by atoms with Crippen molar-refractivity contribution >= 4 is 9.84 Å². The minimum atomic E-state index is -3.28. The Morgan fingerprint density at radius 2 is 1.70 bits per heavy atom. The van der Waals surface area contributed by atoms with Crippen molar-refractivity contribution in [2.75, 3.05) is 12.9 Å². The van der Waals surface area contributed by atoms with Gasteiger partial charge in [-0.25, -0.2) is 17.8 Å². The number of unbranched alkanes of at least 4 members (excludes halogenated alkanes) is 1. The fourth-order valence-corrected chi connectivity index (χ4v) is 3.28. The van der Waals surface area contributed by atoms with E-state index < -0.39 is 15.6 Å². The van der Waals surface area contributed by atoms with Crippen LogP contribution in [0.1, 0.15) is 19.8 Å². The molecule has 0 amide bonds. The molecule has 142 valence electrons. The predicted molar refractivity (Wildman–Crippen MR) is 103 cm³/mol. The number of hydrogen-bond acceptors (Lipinski definition) is 5. The lowest BCUT2D eigenvalue weighted by Crippen LogP contribution is -2.13. The fourth-order valence-electron chi connectivity index (χ4n) is 2.65. The number of benzene rings is 2. The van der Waals surface area contributed by atoms with Crippen LogP contribution in [0.4, 0.5) is 0 Å². The van der Waals surface area contributed by atoms with Gasteiger partial charge in [0, 0.05) is 11.8 Å². The molecule has 1 heterocycles. The third kappa shape index (κ3) is 4.31. The predicted octanol–water partition coefficient (Wildman–Crippen LogP) is 3.68. The molecule has 0 saturated heterocycles. The number of oxazole rings is 1. The molecule has 0 atom stereocenters. The molecule has 0 unspecified atom stereocenters. The van der Waals surface area contributed by atoms with E-state index in [1.54, 1.807) is 36.4 Å². The van der Waals surface area contributed by atoms with Gasteiger partial charge in [-0.3, -0.25) is 0 Å². The molecular weight excluding hydrogens is 366 g/mol. The van der Waals surface area contributed by atoms with Gasteiger partial charge in [-0.15, -0.1) is 0 Å². The first-order valence-electron chi connectivity index (χ1n) is 8.64. The molecule has 1 aromatic heterocycles. The second kappa shape index (κ2) is 7.84. The van der Waals surface area contributed by atoms with Gasteiger partial charge in [-0.2, -0.15) is 0 Å². The first kappa shape index (κ1) is 19.0. The summed E-state index contributed by atoms with van der Waals surface area (Å²) in [7, 11) is -3.28. The van der Waals surface area contributed by atoms with Crippen molar-refractivity contribution in [3.63, 3.8) is 0 Å². The average Bonchev–Trinajstić information content (AvgIpc) is 3.03. The average molecular weight is 387 g/mol. The van der Waals surface area contributed by atoms with Crippen LogP contribution in [0, 0.1) is 0 Å². The van der Waals surface area contributed by atoms with Gasteiger partial charge >= 0.3 is 5.76 Å². The number of ether oxygens (including phenoxy) is 1. The van der Waals surface area contributed by atoms with E-state index in [2.05, 4.69) is 6.92 Å². The van der Waals surface area contributed by atoms with Gasteiger partial charge < -0.3 is 9.15 Å². The maximum absolute atomic E-state index is 12.2. The van der Waals surface area contributed by atoms with E-state index in [4.69, 9.17) is 9.15 Å². The molecule has 0 spiro atoms. The maximum atomic E-state index is 12.2. The van der Waals surface area contributed by atoms with Gasteiger partial charge in [0.15, 0.2) is 9.84 Å². The zero-order valence-electron chi connectivity index (χ0n) is 15.2. The van der Waals surface area contributed by atoms with Crippen LogP contribution in [0.25, 0.3) is 16.9 Å². The third-order valence-electron chi connectivity index (χ3n) is 4.13. The summed E-state index contributed by atoms with van der Waals surface area (Å²) < 4.78 is 35.4. The molecule has 2 aromatic carbocycles. The Bertz CT molecular complexity index is 1060. The lowest BCUT2D eigenvalue weighted by Gasteiger charge is -2.09. The monoisotopic (exact) mass is 387 g/mol. The van der Waals surface area contributed by atoms with Crippen LogP contribution in [0.15, 0.2) is 68.9 Å². The van der Waals surface area contributed by atoms with Gasteiger partial charge in [0.1, 0.15) is 12.0 Å². The number of sulfone groups is 1. The van der Waals surface area contributed by atoms with Crippen molar-refractivity contribution in [3.05, 3.63) is 65.3 Å². The van der Waals surface area contributed by atoms with Crippen molar-refractivity contribution in [2.45, 2.75) is 24.7 Å². The Hall–Kier alpha value is -2.80. The molecular formula is C20H21NO5S. The Labute approximate surface area is 157 Å². The summed E-state index contributed by atoms with van der Waals surface area (Å²) in [6.07, 6.45) is 4.56. The molecule has 0 aliphatic heterocycles. The summed E-state index contributed by atoms with van der Waals surface area (Å²) in [6.45, 7) is 2.75. The summed E-state index contributed by atoms with van der Waals surface area (Å²) in [5, 5.41) is 0. The second-order valence-electron chi connectivity index (χ2n) is 6.21. The first-order chi connectivity index (χ1) is 12.9. The van der Waals surface area contributed by atoms with Crippen LogP contribution < -0.4 is 10.5 Å². The topological polar surface area (TPSA) is 78.5 Å². The minimum absolute atomic E-state index is 0.220. The molecule has 3 aromatic rings. The molecule has 7 heteroatoms. The first-order valence-corrected chi connectivity index (χ1v) is 10.5. The van der Waals surface area contributed by atoms with Crippen LogP contribution >= 0.6 is 0 Å². The summed E-state index contributed by atoms with van der Waals surface area (Å²) in [5.74, 6) is 0.222. The normalized spacial score (nSPS) is 11.5. The van der Waals surface area contributed by atoms with Crippen LogP contribution in [-0.2, 0) is 9.84 Å². The van der Waals surface area contributed by atoms with Crippen molar-refractivity contribution in [3.8, 4) is 22.7 Å². The molecule has 0 aliphatic rings. The molecule has 0 N–H and O–H groups in total. The molecule has 0 fully saturated rings. The molecule has 0 bridgehead atoms. The fraction of sp³-hybridized carbons (Fsp3) is 0.250. The minimum Gasteiger partial charge on any atom is -0.494 e. The smallest absolute Gasteiger partial charge is 0.424 e. The van der Waals surface area contributed by atoms with E-state index in [1.807, 2.05) is 0 Å². The maximum Gasteiger partial charge on any atom is 0.424 e. The van der Waals surface area contributed by atoms with E-state index in [-0.39, 0.29) is 4.90 Å². The van der Waals surface area contributed by atoms with Crippen molar-refractivity contribution in [2.24, 2.45) is 0 Å². The van der Waals surface area contributed by atoms with E-state index in [0.717, 1.165) is 24.8 Å². The summed E-state index contributed by atoms with van der Waals surface area (Å²) in [4.78, 5) is 12.4. The van der Waals surface area contributed by atoms with Crippen molar-refractivity contribution < 1.29 is 17.6 Å². The molecule has 27 heavy (non-hydrogen) atoms. The quantitative estimate of drug-likeness (QED) is 0.578. The van der Waals surface area contributed by atoms with Crippen molar-refractivity contribution in [1.82, 2.24) is 4.57 Å². The van der Waals surface area contributed by atoms with Crippen LogP contribution in [0.3, 0.4) is 0 Å². The van der Waals surface area contributed by atoms with E-state index >= 15 is 0 Å². The SMILES string of the molecule is CCCCOc1ccc(-n2c(-c3ccc(S(C)(=O)=O)cc3)coc2=O)cc1. The van der Waals surface area contributed by atoms with Crippen LogP contribution in [0.5, 0.6) is 5.75 Å². The number of nitrogens with zero attached hydrogens (tertiary/aromatic N) is 1. The number of rotatable bonds is 7. The van der Waals surface area contributed by atoms with Gasteiger partial charge in [0.05, 0.1) is 22.9 Å². The number of aromatic nitrogens is 1. The summed E-state index contributed by atoms with van der Waals surface area (Å²) in [6, 6.07) is 13.5. The molecule has 3 rings (SSSR count). The van der Waals surface area contributed by atoms with Crippen LogP contribution in [0.2, 0.25) is 0 Å². The number of hydrogen-bond donors (Lipinski definition) is 0. The van der Waals surface area contributed by atoms with Gasteiger partial charge in [0.2, 0.25) is 0 Å². The largest absolute Gasteiger partial charge is 0.494 e. The Kier molecular flexibility index (Phi) is 5.51. The summed E-state index contributed by atoms with van der Waals surface area (Å²) in [5.41, 5.74) is 1.86. The highest BCUT2D eigenvalue weighted by Crippen LogP contribution is 2.24.